The average Bonchev–Trinajstić information content (AvgIpc) is 3.16. The van der Waals surface area contributed by atoms with Crippen molar-refractivity contribution in [1.29, 1.82) is 0 Å². The maximum absolute atomic E-state index is 14.5. The Hall–Kier alpha value is -5.53. The zero-order valence-corrected chi connectivity index (χ0v) is 29.9. The minimum atomic E-state index is -4.67. The number of anilines is 3. The van der Waals surface area contributed by atoms with Crippen LogP contribution in [-0.2, 0) is 22.6 Å². The van der Waals surface area contributed by atoms with Crippen molar-refractivity contribution in [3.8, 4) is 11.1 Å². The molecular weight excluding hydrogens is 702 g/mol. The number of piperidine rings is 1. The molecule has 0 saturated carbocycles. The number of pyridine rings is 1. The van der Waals surface area contributed by atoms with E-state index in [1.54, 1.807) is 43.3 Å². The van der Waals surface area contributed by atoms with E-state index < -0.39 is 33.7 Å². The van der Waals surface area contributed by atoms with E-state index in [0.717, 1.165) is 37.7 Å². The third-order valence-corrected chi connectivity index (χ3v) is 11.7. The number of likely N-dealkylation sites (N-methyl/N-ethyl adjacent to an activating group) is 1. The predicted molar refractivity (Wildman–Crippen MR) is 200 cm³/mol. The molecule has 1 aliphatic heterocycles. The normalized spacial score (nSPS) is 15.0. The number of hydrogen-bond acceptors (Lipinski definition) is 8. The third kappa shape index (κ3) is 7.26. The van der Waals surface area contributed by atoms with Crippen molar-refractivity contribution in [3.05, 3.63) is 136 Å². The Balaban J connectivity index is 1.31. The van der Waals surface area contributed by atoms with Crippen molar-refractivity contribution in [2.24, 2.45) is 0 Å². The van der Waals surface area contributed by atoms with Crippen LogP contribution < -0.4 is 21.1 Å². The lowest BCUT2D eigenvalue weighted by atomic mass is 10.0. The van der Waals surface area contributed by atoms with Crippen molar-refractivity contribution in [1.82, 2.24) is 19.9 Å². The summed E-state index contributed by atoms with van der Waals surface area (Å²) in [5, 5.41) is 6.98. The fraction of sp³-hybridized carbons (Fsp3) is 0.225. The summed E-state index contributed by atoms with van der Waals surface area (Å²) in [6.45, 7) is 3.09. The highest BCUT2D eigenvalue weighted by Gasteiger charge is 2.33. The molecule has 1 aliphatic rings. The summed E-state index contributed by atoms with van der Waals surface area (Å²) in [4.78, 5) is 26.0. The van der Waals surface area contributed by atoms with E-state index in [9.17, 15) is 26.4 Å². The standard InChI is InChI=1S/C40H37F3N6O3S/c1-26-33(14-8-16-36(26)53(51,52)32-12-4-3-5-13-32)34-22-28-23-45-39(46-29-17-19-30(20-18-29)48(2)31-11-9-21-44-24-31)47-37(28)49(38(34)50)25-27-10-6-7-15-35(27)40(41,42)43/h3-8,10,12-20,22-23,31,44H,9,11,21,24-25H2,1-2H3,(H,45,46,47). The van der Waals surface area contributed by atoms with Gasteiger partial charge in [-0.1, -0.05) is 48.5 Å². The molecule has 1 fully saturated rings. The largest absolute Gasteiger partial charge is 0.416 e. The Labute approximate surface area is 305 Å². The molecule has 0 radical (unpaired) electrons. The number of fused-ring (bicyclic) bond motifs is 1. The molecular formula is C40H37F3N6O3S. The van der Waals surface area contributed by atoms with Gasteiger partial charge in [-0.2, -0.15) is 18.2 Å². The lowest BCUT2D eigenvalue weighted by Crippen LogP contribution is -2.44. The van der Waals surface area contributed by atoms with Crippen LogP contribution in [0.2, 0.25) is 0 Å². The molecule has 53 heavy (non-hydrogen) atoms. The number of rotatable bonds is 9. The second-order valence-electron chi connectivity index (χ2n) is 13.1. The van der Waals surface area contributed by atoms with Gasteiger partial charge >= 0.3 is 6.18 Å². The van der Waals surface area contributed by atoms with Gasteiger partial charge in [-0.15, -0.1) is 0 Å². The van der Waals surface area contributed by atoms with Gasteiger partial charge in [0, 0.05) is 48.2 Å². The molecule has 0 aliphatic carbocycles. The SMILES string of the molecule is Cc1c(-c2cc3cnc(Nc4ccc(N(C)C5CCCNC5)cc4)nc3n(Cc3ccccc3C(F)(F)F)c2=O)cccc1S(=O)(=O)c1ccccc1. The Morgan fingerprint density at radius 1 is 0.943 bits per heavy atom. The highest BCUT2D eigenvalue weighted by Crippen LogP contribution is 2.34. The second-order valence-corrected chi connectivity index (χ2v) is 15.0. The second kappa shape index (κ2) is 14.5. The topological polar surface area (TPSA) is 109 Å². The van der Waals surface area contributed by atoms with Crippen LogP contribution in [0.5, 0.6) is 0 Å². The first-order chi connectivity index (χ1) is 25.4. The molecule has 2 N–H and O–H groups in total. The molecule has 6 aromatic rings. The molecule has 7 rings (SSSR count). The number of nitrogens with zero attached hydrogens (tertiary/aromatic N) is 4. The van der Waals surface area contributed by atoms with Crippen molar-refractivity contribution >= 4 is 38.2 Å². The van der Waals surface area contributed by atoms with Crippen LogP contribution >= 0.6 is 0 Å². The summed E-state index contributed by atoms with van der Waals surface area (Å²) >= 11 is 0. The quantitative estimate of drug-likeness (QED) is 0.156. The van der Waals surface area contributed by atoms with Crippen molar-refractivity contribution < 1.29 is 21.6 Å². The maximum Gasteiger partial charge on any atom is 0.416 e. The third-order valence-electron chi connectivity index (χ3n) is 9.74. The zero-order chi connectivity index (χ0) is 37.3. The highest BCUT2D eigenvalue weighted by molar-refractivity contribution is 7.91. The Bertz CT molecular complexity index is 2450. The van der Waals surface area contributed by atoms with Crippen LogP contribution in [-0.4, -0.2) is 49.1 Å². The predicted octanol–water partition coefficient (Wildman–Crippen LogP) is 7.60. The monoisotopic (exact) mass is 738 g/mol. The minimum absolute atomic E-state index is 0.0121. The summed E-state index contributed by atoms with van der Waals surface area (Å²) in [7, 11) is -1.89. The van der Waals surface area contributed by atoms with Crippen molar-refractivity contribution in [2.45, 2.75) is 48.3 Å². The van der Waals surface area contributed by atoms with Gasteiger partial charge < -0.3 is 15.5 Å². The summed E-state index contributed by atoms with van der Waals surface area (Å²) in [6.07, 6.45) is -0.953. The number of benzene rings is 4. The van der Waals surface area contributed by atoms with Crippen LogP contribution in [0.25, 0.3) is 22.2 Å². The number of hydrogen-bond donors (Lipinski definition) is 2. The van der Waals surface area contributed by atoms with Crippen LogP contribution in [0, 0.1) is 6.92 Å². The van der Waals surface area contributed by atoms with E-state index >= 15 is 0 Å². The molecule has 0 spiro atoms. The number of halogens is 3. The van der Waals surface area contributed by atoms with Crippen molar-refractivity contribution in [3.63, 3.8) is 0 Å². The van der Waals surface area contributed by atoms with Gasteiger partial charge in [0.05, 0.1) is 21.9 Å². The fourth-order valence-corrected chi connectivity index (χ4v) is 8.41. The lowest BCUT2D eigenvalue weighted by Gasteiger charge is -2.33. The van der Waals surface area contributed by atoms with Crippen LogP contribution in [0.4, 0.5) is 30.5 Å². The maximum atomic E-state index is 14.5. The van der Waals surface area contributed by atoms with Crippen LogP contribution in [0.3, 0.4) is 0 Å². The number of aromatic nitrogens is 3. The van der Waals surface area contributed by atoms with Crippen LogP contribution in [0.1, 0.15) is 29.5 Å². The molecule has 9 nitrogen and oxygen atoms in total. The first kappa shape index (κ1) is 35.9. The summed E-state index contributed by atoms with van der Waals surface area (Å²) in [6, 6.07) is 27.4. The van der Waals surface area contributed by atoms with Gasteiger partial charge in [0.1, 0.15) is 5.65 Å². The number of nitrogens with one attached hydrogen (secondary N) is 2. The van der Waals surface area contributed by atoms with Gasteiger partial charge in [0.15, 0.2) is 0 Å². The number of sulfone groups is 1. The fourth-order valence-electron chi connectivity index (χ4n) is 6.87. The van der Waals surface area contributed by atoms with Gasteiger partial charge in [-0.25, -0.2) is 13.4 Å². The molecule has 1 unspecified atom stereocenters. The van der Waals surface area contributed by atoms with E-state index in [-0.39, 0.29) is 32.5 Å². The zero-order valence-electron chi connectivity index (χ0n) is 29.1. The summed E-state index contributed by atoms with van der Waals surface area (Å²) in [5.74, 6) is 0.146. The summed E-state index contributed by atoms with van der Waals surface area (Å²) in [5.41, 5.74) is 0.944. The van der Waals surface area contributed by atoms with E-state index in [2.05, 4.69) is 32.5 Å². The van der Waals surface area contributed by atoms with Gasteiger partial charge in [-0.05, 0) is 97.6 Å². The van der Waals surface area contributed by atoms with Crippen LogP contribution in [0.15, 0.2) is 124 Å². The molecule has 0 bridgehead atoms. The molecule has 272 valence electrons. The van der Waals surface area contributed by atoms with E-state index in [4.69, 9.17) is 0 Å². The van der Waals surface area contributed by atoms with E-state index in [1.165, 1.54) is 47.2 Å². The molecule has 0 amide bonds. The van der Waals surface area contributed by atoms with Gasteiger partial charge in [0.25, 0.3) is 5.56 Å². The molecule has 4 aromatic carbocycles. The lowest BCUT2D eigenvalue weighted by molar-refractivity contribution is -0.138. The minimum Gasteiger partial charge on any atom is -0.370 e. The number of alkyl halides is 3. The average molecular weight is 739 g/mol. The van der Waals surface area contributed by atoms with Gasteiger partial charge in [-0.3, -0.25) is 9.36 Å². The smallest absolute Gasteiger partial charge is 0.370 e. The Morgan fingerprint density at radius 2 is 1.68 bits per heavy atom. The molecule has 13 heteroatoms. The molecule has 1 atom stereocenters. The first-order valence-corrected chi connectivity index (χ1v) is 18.7. The Kier molecular flexibility index (Phi) is 9.79. The summed E-state index contributed by atoms with van der Waals surface area (Å²) < 4.78 is 71.0. The van der Waals surface area contributed by atoms with Gasteiger partial charge in [0.2, 0.25) is 15.8 Å². The highest BCUT2D eigenvalue weighted by atomic mass is 32.2. The first-order valence-electron chi connectivity index (χ1n) is 17.2. The molecule has 1 saturated heterocycles. The molecule has 2 aromatic heterocycles. The van der Waals surface area contributed by atoms with E-state index in [0.29, 0.717) is 28.2 Å². The molecule has 3 heterocycles. The van der Waals surface area contributed by atoms with Crippen molar-refractivity contribution in [2.75, 3.05) is 30.4 Å². The van der Waals surface area contributed by atoms with E-state index in [1.807, 2.05) is 24.3 Å². The Morgan fingerprint density at radius 3 is 2.40 bits per heavy atom.